The number of nitrogens with zero attached hydrogens (tertiary/aromatic N) is 1. The lowest BCUT2D eigenvalue weighted by molar-refractivity contribution is -0.138. The molecule has 1 saturated carbocycles. The summed E-state index contributed by atoms with van der Waals surface area (Å²) in [6, 6.07) is 7.42. The van der Waals surface area contributed by atoms with Crippen molar-refractivity contribution in [3.8, 4) is 0 Å². The summed E-state index contributed by atoms with van der Waals surface area (Å²) < 4.78 is 76.6. The molecule has 3 rings (SSSR count). The Bertz CT molecular complexity index is 977. The third kappa shape index (κ3) is 6.95. The monoisotopic (exact) mass is 473 g/mol. The first-order valence-corrected chi connectivity index (χ1v) is 10.1. The Morgan fingerprint density at radius 3 is 1.79 bits per heavy atom. The van der Waals surface area contributed by atoms with Gasteiger partial charge in [0.2, 0.25) is 5.96 Å². The van der Waals surface area contributed by atoms with Gasteiger partial charge in [0.1, 0.15) is 0 Å². The number of aliphatic hydroxyl groups excluding tert-OH is 1. The normalized spacial score (nSPS) is 19.8. The van der Waals surface area contributed by atoms with Crippen LogP contribution >= 0.6 is 0 Å². The fourth-order valence-corrected chi connectivity index (χ4v) is 3.34. The summed E-state index contributed by atoms with van der Waals surface area (Å²) in [7, 11) is 0. The van der Waals surface area contributed by atoms with Crippen LogP contribution in [-0.4, -0.2) is 29.1 Å². The Balaban J connectivity index is 1.79. The lowest BCUT2D eigenvalue weighted by Gasteiger charge is -2.23. The molecule has 5 nitrogen and oxygen atoms in total. The number of nitrogens with one attached hydrogen (secondary N) is 2. The van der Waals surface area contributed by atoms with Gasteiger partial charge in [-0.15, -0.1) is 0 Å². The molecule has 0 saturated heterocycles. The molecule has 1 amide bonds. The topological polar surface area (TPSA) is 73.7 Å². The Kier molecular flexibility index (Phi) is 7.31. The van der Waals surface area contributed by atoms with Crippen LogP contribution in [0.15, 0.2) is 53.5 Å². The fourth-order valence-electron chi connectivity index (χ4n) is 3.34. The van der Waals surface area contributed by atoms with Gasteiger partial charge in [0.05, 0.1) is 23.3 Å². The van der Waals surface area contributed by atoms with E-state index in [0.29, 0.717) is 25.7 Å². The van der Waals surface area contributed by atoms with Gasteiger partial charge < -0.3 is 10.4 Å². The van der Waals surface area contributed by atoms with Crippen molar-refractivity contribution in [1.29, 1.82) is 0 Å². The molecule has 3 N–H and O–H groups in total. The molecule has 0 bridgehead atoms. The van der Waals surface area contributed by atoms with Gasteiger partial charge in [0.25, 0.3) is 5.91 Å². The van der Waals surface area contributed by atoms with Gasteiger partial charge >= 0.3 is 12.4 Å². The summed E-state index contributed by atoms with van der Waals surface area (Å²) in [6.07, 6.45) is -7.40. The molecule has 1 fully saturated rings. The van der Waals surface area contributed by atoms with E-state index in [9.17, 15) is 36.2 Å². The van der Waals surface area contributed by atoms with Gasteiger partial charge in [-0.25, -0.2) is 4.99 Å². The van der Waals surface area contributed by atoms with E-state index in [1.807, 2.05) is 0 Å². The Hall–Kier alpha value is -3.08. The number of guanidine groups is 1. The van der Waals surface area contributed by atoms with E-state index >= 15 is 0 Å². The van der Waals surface area contributed by atoms with Crippen molar-refractivity contribution in [1.82, 2.24) is 5.32 Å². The number of benzene rings is 2. The van der Waals surface area contributed by atoms with Crippen LogP contribution in [0.3, 0.4) is 0 Å². The zero-order valence-electron chi connectivity index (χ0n) is 17.2. The molecular weight excluding hydrogens is 452 g/mol. The lowest BCUT2D eigenvalue weighted by Crippen LogP contribution is -2.37. The highest BCUT2D eigenvalue weighted by Crippen LogP contribution is 2.30. The first kappa shape index (κ1) is 24.6. The largest absolute Gasteiger partial charge is 0.416 e. The summed E-state index contributed by atoms with van der Waals surface area (Å²) in [5.74, 6) is -0.793. The Morgan fingerprint density at radius 2 is 1.30 bits per heavy atom. The van der Waals surface area contributed by atoms with Crippen LogP contribution in [0.4, 0.5) is 32.0 Å². The quantitative estimate of drug-likeness (QED) is 0.325. The number of carbonyl (C=O) groups excluding carboxylic acids is 1. The van der Waals surface area contributed by atoms with Crippen molar-refractivity contribution in [2.45, 2.75) is 50.2 Å². The minimum Gasteiger partial charge on any atom is -0.393 e. The van der Waals surface area contributed by atoms with E-state index < -0.39 is 35.5 Å². The fraction of sp³-hybridized carbons (Fsp3) is 0.364. The first-order valence-electron chi connectivity index (χ1n) is 10.1. The van der Waals surface area contributed by atoms with E-state index in [0.717, 1.165) is 36.4 Å². The van der Waals surface area contributed by atoms with Gasteiger partial charge in [0, 0.05) is 11.3 Å². The molecule has 0 atom stereocenters. The molecular formula is C22H21F6N3O2. The molecule has 178 valence electrons. The van der Waals surface area contributed by atoms with Crippen molar-refractivity contribution in [2.24, 2.45) is 4.99 Å². The minimum absolute atomic E-state index is 0.0519. The summed E-state index contributed by atoms with van der Waals surface area (Å²) >= 11 is 0. The van der Waals surface area contributed by atoms with E-state index in [-0.39, 0.29) is 23.3 Å². The maximum Gasteiger partial charge on any atom is 0.416 e. The van der Waals surface area contributed by atoms with Gasteiger partial charge in [-0.1, -0.05) is 0 Å². The van der Waals surface area contributed by atoms with Crippen molar-refractivity contribution < 1.29 is 36.2 Å². The molecule has 0 aromatic heterocycles. The second-order valence-electron chi connectivity index (χ2n) is 7.67. The van der Waals surface area contributed by atoms with E-state index in [1.165, 1.54) is 12.1 Å². The van der Waals surface area contributed by atoms with Crippen LogP contribution in [0, 0.1) is 0 Å². The molecule has 0 unspecified atom stereocenters. The Labute approximate surface area is 185 Å². The number of halogens is 6. The molecule has 0 heterocycles. The van der Waals surface area contributed by atoms with Gasteiger partial charge in [-0.3, -0.25) is 10.1 Å². The smallest absolute Gasteiger partial charge is 0.393 e. The molecule has 1 aliphatic rings. The summed E-state index contributed by atoms with van der Waals surface area (Å²) in [4.78, 5) is 17.0. The molecule has 0 aliphatic heterocycles. The highest BCUT2D eigenvalue weighted by Gasteiger charge is 2.31. The molecule has 0 spiro atoms. The van der Waals surface area contributed by atoms with E-state index in [1.54, 1.807) is 0 Å². The zero-order valence-corrected chi connectivity index (χ0v) is 17.2. The third-order valence-electron chi connectivity index (χ3n) is 5.16. The van der Waals surface area contributed by atoms with Crippen LogP contribution in [-0.2, 0) is 12.4 Å². The maximum atomic E-state index is 12.8. The molecule has 1 aliphatic carbocycles. The van der Waals surface area contributed by atoms with Crippen LogP contribution in [0.2, 0.25) is 0 Å². The van der Waals surface area contributed by atoms with Crippen LogP contribution in [0.25, 0.3) is 0 Å². The molecule has 2 aromatic carbocycles. The number of rotatable bonds is 3. The maximum absolute atomic E-state index is 12.8. The SMILES string of the molecule is O=C(NC(=NC1CCC(O)CC1)Nc1ccc(C(F)(F)F)cc1)c1ccc(C(F)(F)F)cc1. The van der Waals surface area contributed by atoms with Crippen LogP contribution in [0.1, 0.15) is 47.2 Å². The standard InChI is InChI=1S/C22H21F6N3O2/c23-21(24,25)14-3-1-13(2-4-14)19(33)31-20(30-17-9-11-18(32)12-10-17)29-16-7-5-15(6-8-16)22(26,27)28/h1-8,17-18,32H,9-12H2,(H2,29,30,31,33). The predicted octanol–water partition coefficient (Wildman–Crippen LogP) is 5.23. The first-order chi connectivity index (χ1) is 15.4. The third-order valence-corrected chi connectivity index (χ3v) is 5.16. The van der Waals surface area contributed by atoms with Crippen LogP contribution < -0.4 is 10.6 Å². The van der Waals surface area contributed by atoms with Crippen molar-refractivity contribution in [3.05, 3.63) is 65.2 Å². The second-order valence-corrected chi connectivity index (χ2v) is 7.67. The summed E-state index contributed by atoms with van der Waals surface area (Å²) in [5, 5.41) is 14.9. The van der Waals surface area contributed by atoms with Crippen molar-refractivity contribution >= 4 is 17.6 Å². The molecule has 2 aromatic rings. The number of aliphatic hydroxyl groups is 1. The number of aliphatic imine (C=N–C) groups is 1. The number of carbonyl (C=O) groups is 1. The average molecular weight is 473 g/mol. The summed E-state index contributed by atoms with van der Waals surface area (Å²) in [6.45, 7) is 0. The van der Waals surface area contributed by atoms with E-state index in [2.05, 4.69) is 15.6 Å². The Morgan fingerprint density at radius 1 is 0.818 bits per heavy atom. The number of hydrogen-bond acceptors (Lipinski definition) is 3. The number of alkyl halides is 6. The van der Waals surface area contributed by atoms with Crippen molar-refractivity contribution in [3.63, 3.8) is 0 Å². The van der Waals surface area contributed by atoms with Gasteiger partial charge in [0.15, 0.2) is 0 Å². The lowest BCUT2D eigenvalue weighted by atomic mass is 9.94. The number of amides is 1. The molecule has 11 heteroatoms. The number of hydrogen-bond donors (Lipinski definition) is 3. The second kappa shape index (κ2) is 9.82. The molecule has 0 radical (unpaired) electrons. The zero-order chi connectivity index (χ0) is 24.2. The van der Waals surface area contributed by atoms with Gasteiger partial charge in [-0.05, 0) is 74.2 Å². The predicted molar refractivity (Wildman–Crippen MR) is 110 cm³/mol. The van der Waals surface area contributed by atoms with Gasteiger partial charge in [-0.2, -0.15) is 26.3 Å². The van der Waals surface area contributed by atoms with Crippen LogP contribution in [0.5, 0.6) is 0 Å². The summed E-state index contributed by atoms with van der Waals surface area (Å²) in [5.41, 5.74) is -1.58. The molecule has 33 heavy (non-hydrogen) atoms. The average Bonchev–Trinajstić information content (AvgIpc) is 2.74. The van der Waals surface area contributed by atoms with E-state index in [4.69, 9.17) is 0 Å². The highest BCUT2D eigenvalue weighted by molar-refractivity contribution is 6.10. The highest BCUT2D eigenvalue weighted by atomic mass is 19.4. The van der Waals surface area contributed by atoms with Crippen molar-refractivity contribution in [2.75, 3.05) is 5.32 Å². The minimum atomic E-state index is -4.54. The number of anilines is 1.